The second kappa shape index (κ2) is 11.8. The van der Waals surface area contributed by atoms with Gasteiger partial charge < -0.3 is 9.47 Å². The number of rotatable bonds is 9. The summed E-state index contributed by atoms with van der Waals surface area (Å²) in [4.78, 5) is 11.3. The van der Waals surface area contributed by atoms with Crippen molar-refractivity contribution in [3.05, 3.63) is 35.4 Å². The van der Waals surface area contributed by atoms with Crippen molar-refractivity contribution in [3.8, 4) is 11.8 Å². The van der Waals surface area contributed by atoms with Gasteiger partial charge in [0, 0.05) is 6.42 Å². The van der Waals surface area contributed by atoms with E-state index in [1.807, 2.05) is 12.1 Å². The quantitative estimate of drug-likeness (QED) is 0.386. The van der Waals surface area contributed by atoms with Gasteiger partial charge in [0.25, 0.3) is 0 Å². The van der Waals surface area contributed by atoms with Crippen LogP contribution in [0.15, 0.2) is 24.3 Å². The van der Waals surface area contributed by atoms with Gasteiger partial charge in [-0.05, 0) is 24.1 Å². The number of ether oxygens (including phenoxy) is 2. The summed E-state index contributed by atoms with van der Waals surface area (Å²) in [5.41, 5.74) is 1.57. The van der Waals surface area contributed by atoms with Crippen molar-refractivity contribution in [2.24, 2.45) is 0 Å². The third-order valence-corrected chi connectivity index (χ3v) is 3.35. The Labute approximate surface area is 134 Å². The minimum Gasteiger partial charge on any atom is -0.465 e. The lowest BCUT2D eigenvalue weighted by Crippen LogP contribution is -2.01. The topological polar surface area (TPSA) is 35.5 Å². The minimum absolute atomic E-state index is 0.322. The first-order valence-electron chi connectivity index (χ1n) is 7.98. The molecule has 0 spiro atoms. The summed E-state index contributed by atoms with van der Waals surface area (Å²) in [5.74, 6) is 5.86. The summed E-state index contributed by atoms with van der Waals surface area (Å²) in [5, 5.41) is 0. The molecule has 0 aliphatic carbocycles. The smallest absolute Gasteiger partial charge is 0.337 e. The van der Waals surface area contributed by atoms with Crippen LogP contribution in [0.2, 0.25) is 0 Å². The SMILES string of the molecule is CCCCCCCC#CCOCc1ccc(C(=O)OC)cc1. The molecule has 120 valence electrons. The molecule has 1 rings (SSSR count). The van der Waals surface area contributed by atoms with Gasteiger partial charge in [-0.15, -0.1) is 5.92 Å². The number of carbonyl (C=O) groups is 1. The Morgan fingerprint density at radius 3 is 2.45 bits per heavy atom. The number of methoxy groups -OCH3 is 1. The van der Waals surface area contributed by atoms with Gasteiger partial charge in [-0.25, -0.2) is 4.79 Å². The molecule has 22 heavy (non-hydrogen) atoms. The summed E-state index contributed by atoms with van der Waals surface area (Å²) in [7, 11) is 1.38. The lowest BCUT2D eigenvalue weighted by Gasteiger charge is -2.02. The van der Waals surface area contributed by atoms with Crippen LogP contribution < -0.4 is 0 Å². The first-order chi connectivity index (χ1) is 10.8. The number of unbranched alkanes of at least 4 members (excludes halogenated alkanes) is 5. The highest BCUT2D eigenvalue weighted by Gasteiger charge is 2.03. The molecule has 0 fully saturated rings. The Hall–Kier alpha value is -1.79. The predicted molar refractivity (Wildman–Crippen MR) is 88.6 cm³/mol. The zero-order chi connectivity index (χ0) is 16.0. The van der Waals surface area contributed by atoms with Crippen LogP contribution in [0.4, 0.5) is 0 Å². The molecule has 0 aliphatic rings. The Kier molecular flexibility index (Phi) is 9.81. The molecule has 0 N–H and O–H groups in total. The fraction of sp³-hybridized carbons (Fsp3) is 0.526. The van der Waals surface area contributed by atoms with E-state index in [4.69, 9.17) is 4.74 Å². The Bertz CT molecular complexity index is 480. The van der Waals surface area contributed by atoms with Crippen molar-refractivity contribution in [3.63, 3.8) is 0 Å². The second-order valence-electron chi connectivity index (χ2n) is 5.20. The van der Waals surface area contributed by atoms with Crippen molar-refractivity contribution < 1.29 is 14.3 Å². The normalized spacial score (nSPS) is 9.91. The number of carbonyl (C=O) groups excluding carboxylic acids is 1. The largest absolute Gasteiger partial charge is 0.465 e. The van der Waals surface area contributed by atoms with E-state index in [1.54, 1.807) is 12.1 Å². The maximum atomic E-state index is 11.3. The number of hydrogen-bond acceptors (Lipinski definition) is 3. The molecule has 3 heteroatoms. The van der Waals surface area contributed by atoms with Crippen molar-refractivity contribution in [1.29, 1.82) is 0 Å². The highest BCUT2D eigenvalue weighted by molar-refractivity contribution is 5.89. The van der Waals surface area contributed by atoms with Gasteiger partial charge in [-0.3, -0.25) is 0 Å². The molecule has 1 aromatic rings. The van der Waals surface area contributed by atoms with Crippen LogP contribution in [0.1, 0.15) is 61.4 Å². The standard InChI is InChI=1S/C19H26O3/c1-3-4-5-6-7-8-9-10-15-22-16-17-11-13-18(14-12-17)19(20)21-2/h11-14H,3-8,15-16H2,1-2H3. The highest BCUT2D eigenvalue weighted by Crippen LogP contribution is 2.07. The monoisotopic (exact) mass is 302 g/mol. The predicted octanol–water partition coefficient (Wildman–Crippen LogP) is 4.35. The summed E-state index contributed by atoms with van der Waals surface area (Å²) in [6, 6.07) is 7.22. The van der Waals surface area contributed by atoms with Crippen LogP contribution in [0.25, 0.3) is 0 Å². The first kappa shape index (κ1) is 18.3. The highest BCUT2D eigenvalue weighted by atomic mass is 16.5. The van der Waals surface area contributed by atoms with Crippen LogP contribution in [-0.2, 0) is 16.1 Å². The van der Waals surface area contributed by atoms with E-state index in [9.17, 15) is 4.79 Å². The summed E-state index contributed by atoms with van der Waals surface area (Å²) >= 11 is 0. The van der Waals surface area contributed by atoms with Gasteiger partial charge in [0.1, 0.15) is 6.61 Å². The van der Waals surface area contributed by atoms with Crippen molar-refractivity contribution in [1.82, 2.24) is 0 Å². The van der Waals surface area contributed by atoms with E-state index in [1.165, 1.54) is 39.2 Å². The molecule has 0 saturated carbocycles. The van der Waals surface area contributed by atoms with Gasteiger partial charge in [-0.2, -0.15) is 0 Å². The number of hydrogen-bond donors (Lipinski definition) is 0. The molecular weight excluding hydrogens is 276 g/mol. The van der Waals surface area contributed by atoms with Crippen LogP contribution in [0.3, 0.4) is 0 Å². The van der Waals surface area contributed by atoms with E-state index in [-0.39, 0.29) is 5.97 Å². The van der Waals surface area contributed by atoms with Crippen molar-refractivity contribution in [2.75, 3.05) is 13.7 Å². The molecule has 0 aliphatic heterocycles. The fourth-order valence-electron chi connectivity index (χ4n) is 2.03. The third-order valence-electron chi connectivity index (χ3n) is 3.35. The summed E-state index contributed by atoms with van der Waals surface area (Å²) in [6.07, 6.45) is 7.33. The molecule has 0 saturated heterocycles. The van der Waals surface area contributed by atoms with Crippen LogP contribution in [-0.4, -0.2) is 19.7 Å². The van der Waals surface area contributed by atoms with Gasteiger partial charge in [0.15, 0.2) is 0 Å². The molecule has 0 radical (unpaired) electrons. The summed E-state index contributed by atoms with van der Waals surface area (Å²) in [6.45, 7) is 3.18. The van der Waals surface area contributed by atoms with Crippen molar-refractivity contribution in [2.45, 2.75) is 52.1 Å². The minimum atomic E-state index is -0.322. The van der Waals surface area contributed by atoms with E-state index < -0.39 is 0 Å². The Balaban J connectivity index is 2.13. The molecule has 3 nitrogen and oxygen atoms in total. The van der Waals surface area contributed by atoms with Gasteiger partial charge in [0.2, 0.25) is 0 Å². The lowest BCUT2D eigenvalue weighted by molar-refractivity contribution is 0.0600. The average Bonchev–Trinajstić information content (AvgIpc) is 2.56. The molecule has 0 atom stereocenters. The summed E-state index contributed by atoms with van der Waals surface area (Å²) < 4.78 is 10.2. The second-order valence-corrected chi connectivity index (χ2v) is 5.20. The average molecular weight is 302 g/mol. The fourth-order valence-corrected chi connectivity index (χ4v) is 2.03. The maximum absolute atomic E-state index is 11.3. The van der Waals surface area contributed by atoms with E-state index in [2.05, 4.69) is 23.5 Å². The number of esters is 1. The Morgan fingerprint density at radius 1 is 1.05 bits per heavy atom. The van der Waals surface area contributed by atoms with E-state index in [0.29, 0.717) is 18.8 Å². The van der Waals surface area contributed by atoms with Gasteiger partial charge in [-0.1, -0.05) is 50.7 Å². The molecule has 0 amide bonds. The van der Waals surface area contributed by atoms with E-state index >= 15 is 0 Å². The van der Waals surface area contributed by atoms with Gasteiger partial charge >= 0.3 is 5.97 Å². The first-order valence-corrected chi connectivity index (χ1v) is 7.98. The van der Waals surface area contributed by atoms with Crippen molar-refractivity contribution >= 4 is 5.97 Å². The molecule has 0 bridgehead atoms. The lowest BCUT2D eigenvalue weighted by atomic mass is 10.1. The zero-order valence-electron chi connectivity index (χ0n) is 13.7. The molecule has 1 aromatic carbocycles. The molecule has 0 aromatic heterocycles. The molecular formula is C19H26O3. The van der Waals surface area contributed by atoms with Crippen LogP contribution in [0.5, 0.6) is 0 Å². The Morgan fingerprint density at radius 2 is 1.77 bits per heavy atom. The molecule has 0 heterocycles. The van der Waals surface area contributed by atoms with Crippen LogP contribution in [0, 0.1) is 11.8 Å². The van der Waals surface area contributed by atoms with Gasteiger partial charge in [0.05, 0.1) is 19.3 Å². The van der Waals surface area contributed by atoms with E-state index in [0.717, 1.165) is 12.0 Å². The number of benzene rings is 1. The zero-order valence-corrected chi connectivity index (χ0v) is 13.7. The van der Waals surface area contributed by atoms with Crippen LogP contribution >= 0.6 is 0 Å². The maximum Gasteiger partial charge on any atom is 0.337 e. The third kappa shape index (κ3) is 7.85. The molecule has 0 unspecified atom stereocenters.